The van der Waals surface area contributed by atoms with E-state index < -0.39 is 0 Å². The first-order valence-electron chi connectivity index (χ1n) is 6.64. The molecule has 0 amide bonds. The van der Waals surface area contributed by atoms with Crippen molar-refractivity contribution in [2.45, 2.75) is 19.9 Å². The Balaban J connectivity index is 2.00. The van der Waals surface area contributed by atoms with E-state index in [1.54, 1.807) is 0 Å². The molecule has 0 spiro atoms. The van der Waals surface area contributed by atoms with Gasteiger partial charge in [0.15, 0.2) is 0 Å². The van der Waals surface area contributed by atoms with E-state index in [1.807, 2.05) is 12.1 Å². The van der Waals surface area contributed by atoms with Crippen molar-refractivity contribution >= 4 is 11.6 Å². The van der Waals surface area contributed by atoms with Crippen LogP contribution in [-0.2, 0) is 6.54 Å². The summed E-state index contributed by atoms with van der Waals surface area (Å²) in [7, 11) is 0. The van der Waals surface area contributed by atoms with Crippen LogP contribution in [0.3, 0.4) is 0 Å². The van der Waals surface area contributed by atoms with Gasteiger partial charge in [0.1, 0.15) is 5.75 Å². The SMILES string of the molecule is CCCOc1ccc(Cl)c(CN2CCNCC2)c1. The third-order valence-electron chi connectivity index (χ3n) is 3.09. The van der Waals surface area contributed by atoms with Crippen LogP contribution in [0.15, 0.2) is 18.2 Å². The summed E-state index contributed by atoms with van der Waals surface area (Å²) in [6, 6.07) is 5.95. The van der Waals surface area contributed by atoms with Crippen LogP contribution in [0.4, 0.5) is 0 Å². The summed E-state index contributed by atoms with van der Waals surface area (Å²) in [5.74, 6) is 0.923. The summed E-state index contributed by atoms with van der Waals surface area (Å²) in [5, 5.41) is 4.19. The Morgan fingerprint density at radius 2 is 2.11 bits per heavy atom. The lowest BCUT2D eigenvalue weighted by molar-refractivity contribution is 0.232. The predicted octanol–water partition coefficient (Wildman–Crippen LogP) is 2.53. The molecule has 1 fully saturated rings. The Kier molecular flexibility index (Phi) is 5.29. The van der Waals surface area contributed by atoms with Gasteiger partial charge < -0.3 is 10.1 Å². The van der Waals surface area contributed by atoms with Crippen LogP contribution < -0.4 is 10.1 Å². The second kappa shape index (κ2) is 6.98. The molecular formula is C14H21ClN2O. The van der Waals surface area contributed by atoms with Gasteiger partial charge in [-0.15, -0.1) is 0 Å². The van der Waals surface area contributed by atoms with Crippen LogP contribution in [0, 0.1) is 0 Å². The quantitative estimate of drug-likeness (QED) is 0.888. The number of ether oxygens (including phenoxy) is 1. The standard InChI is InChI=1S/C14H21ClN2O/c1-2-9-18-13-3-4-14(15)12(10-13)11-17-7-5-16-6-8-17/h3-4,10,16H,2,5-9,11H2,1H3. The number of nitrogens with zero attached hydrogens (tertiary/aromatic N) is 1. The van der Waals surface area contributed by atoms with Crippen LogP contribution in [0.1, 0.15) is 18.9 Å². The van der Waals surface area contributed by atoms with Crippen molar-refractivity contribution in [2.75, 3.05) is 32.8 Å². The van der Waals surface area contributed by atoms with E-state index in [9.17, 15) is 0 Å². The van der Waals surface area contributed by atoms with Gasteiger partial charge in [-0.05, 0) is 30.2 Å². The lowest BCUT2D eigenvalue weighted by atomic mass is 10.2. The second-order valence-electron chi connectivity index (χ2n) is 4.63. The fourth-order valence-electron chi connectivity index (χ4n) is 2.09. The topological polar surface area (TPSA) is 24.5 Å². The Bertz CT molecular complexity index is 378. The average Bonchev–Trinajstić information content (AvgIpc) is 2.41. The van der Waals surface area contributed by atoms with Crippen molar-refractivity contribution in [2.24, 2.45) is 0 Å². The zero-order valence-corrected chi connectivity index (χ0v) is 11.7. The van der Waals surface area contributed by atoms with Crippen LogP contribution in [-0.4, -0.2) is 37.7 Å². The monoisotopic (exact) mass is 268 g/mol. The van der Waals surface area contributed by atoms with E-state index in [0.717, 1.165) is 62.1 Å². The molecule has 0 atom stereocenters. The summed E-state index contributed by atoms with van der Waals surface area (Å²) in [4.78, 5) is 2.42. The summed E-state index contributed by atoms with van der Waals surface area (Å²) in [5.41, 5.74) is 1.16. The van der Waals surface area contributed by atoms with Gasteiger partial charge in [-0.2, -0.15) is 0 Å². The number of rotatable bonds is 5. The van der Waals surface area contributed by atoms with Crippen molar-refractivity contribution in [1.29, 1.82) is 0 Å². The summed E-state index contributed by atoms with van der Waals surface area (Å²) < 4.78 is 5.65. The van der Waals surface area contributed by atoms with Crippen molar-refractivity contribution in [1.82, 2.24) is 10.2 Å². The first-order valence-corrected chi connectivity index (χ1v) is 7.01. The molecule has 1 N–H and O–H groups in total. The first-order chi connectivity index (χ1) is 8.79. The third-order valence-corrected chi connectivity index (χ3v) is 3.46. The molecule has 100 valence electrons. The molecule has 1 heterocycles. The van der Waals surface area contributed by atoms with Gasteiger partial charge in [-0.3, -0.25) is 4.90 Å². The highest BCUT2D eigenvalue weighted by atomic mass is 35.5. The molecule has 18 heavy (non-hydrogen) atoms. The zero-order chi connectivity index (χ0) is 12.8. The molecular weight excluding hydrogens is 248 g/mol. The van der Waals surface area contributed by atoms with Crippen molar-refractivity contribution < 1.29 is 4.74 Å². The summed E-state index contributed by atoms with van der Waals surface area (Å²) >= 11 is 6.25. The first kappa shape index (κ1) is 13.7. The number of hydrogen-bond acceptors (Lipinski definition) is 3. The van der Waals surface area contributed by atoms with Gasteiger partial charge in [0, 0.05) is 37.7 Å². The van der Waals surface area contributed by atoms with E-state index in [1.165, 1.54) is 0 Å². The highest BCUT2D eigenvalue weighted by Gasteiger charge is 2.12. The fraction of sp³-hybridized carbons (Fsp3) is 0.571. The minimum atomic E-state index is 0.759. The van der Waals surface area contributed by atoms with E-state index in [2.05, 4.69) is 23.2 Å². The maximum absolute atomic E-state index is 6.25. The molecule has 1 aromatic rings. The molecule has 3 nitrogen and oxygen atoms in total. The molecule has 1 aromatic carbocycles. The van der Waals surface area contributed by atoms with Crippen LogP contribution >= 0.6 is 11.6 Å². The summed E-state index contributed by atoms with van der Waals surface area (Å²) in [6.45, 7) is 8.05. The van der Waals surface area contributed by atoms with Crippen LogP contribution in [0.2, 0.25) is 5.02 Å². The van der Waals surface area contributed by atoms with Gasteiger partial charge in [-0.1, -0.05) is 18.5 Å². The highest BCUT2D eigenvalue weighted by Crippen LogP contribution is 2.23. The van der Waals surface area contributed by atoms with Crippen LogP contribution in [0.5, 0.6) is 5.75 Å². The minimum Gasteiger partial charge on any atom is -0.494 e. The second-order valence-corrected chi connectivity index (χ2v) is 5.04. The normalized spacial score (nSPS) is 16.8. The number of piperazine rings is 1. The molecule has 0 aromatic heterocycles. The lowest BCUT2D eigenvalue weighted by Gasteiger charge is -2.27. The smallest absolute Gasteiger partial charge is 0.119 e. The third kappa shape index (κ3) is 3.87. The van der Waals surface area contributed by atoms with Gasteiger partial charge in [0.25, 0.3) is 0 Å². The molecule has 0 aliphatic carbocycles. The zero-order valence-electron chi connectivity index (χ0n) is 10.9. The summed E-state index contributed by atoms with van der Waals surface area (Å²) in [6.07, 6.45) is 1.02. The molecule has 0 radical (unpaired) electrons. The number of halogens is 1. The van der Waals surface area contributed by atoms with E-state index in [-0.39, 0.29) is 0 Å². The largest absolute Gasteiger partial charge is 0.494 e. The van der Waals surface area contributed by atoms with Crippen molar-refractivity contribution in [3.63, 3.8) is 0 Å². The average molecular weight is 269 g/mol. The Morgan fingerprint density at radius 3 is 2.83 bits per heavy atom. The molecule has 2 rings (SSSR count). The molecule has 4 heteroatoms. The predicted molar refractivity (Wildman–Crippen MR) is 75.4 cm³/mol. The van der Waals surface area contributed by atoms with Crippen molar-refractivity contribution in [3.05, 3.63) is 28.8 Å². The maximum atomic E-state index is 6.25. The van der Waals surface area contributed by atoms with E-state index in [4.69, 9.17) is 16.3 Å². The lowest BCUT2D eigenvalue weighted by Crippen LogP contribution is -2.42. The fourth-order valence-corrected chi connectivity index (χ4v) is 2.27. The van der Waals surface area contributed by atoms with Gasteiger partial charge in [-0.25, -0.2) is 0 Å². The van der Waals surface area contributed by atoms with Crippen molar-refractivity contribution in [3.8, 4) is 5.75 Å². The molecule has 1 saturated heterocycles. The van der Waals surface area contributed by atoms with E-state index in [0.29, 0.717) is 0 Å². The van der Waals surface area contributed by atoms with Crippen LogP contribution in [0.25, 0.3) is 0 Å². The number of nitrogens with one attached hydrogen (secondary N) is 1. The minimum absolute atomic E-state index is 0.759. The Morgan fingerprint density at radius 1 is 1.33 bits per heavy atom. The molecule has 1 aliphatic heterocycles. The van der Waals surface area contributed by atoms with Gasteiger partial charge in [0.05, 0.1) is 6.61 Å². The molecule has 0 bridgehead atoms. The molecule has 1 aliphatic rings. The van der Waals surface area contributed by atoms with Gasteiger partial charge in [0.2, 0.25) is 0 Å². The highest BCUT2D eigenvalue weighted by molar-refractivity contribution is 6.31. The molecule has 0 saturated carbocycles. The molecule has 0 unspecified atom stereocenters. The maximum Gasteiger partial charge on any atom is 0.119 e. The number of hydrogen-bond donors (Lipinski definition) is 1. The Hall–Kier alpha value is -0.770. The Labute approximate surface area is 114 Å². The number of benzene rings is 1. The van der Waals surface area contributed by atoms with E-state index >= 15 is 0 Å². The van der Waals surface area contributed by atoms with Gasteiger partial charge >= 0.3 is 0 Å².